The molecule has 0 bridgehead atoms. The molecule has 2 saturated heterocycles. The van der Waals surface area contributed by atoms with Crippen molar-refractivity contribution in [1.29, 1.82) is 0 Å². The van der Waals surface area contributed by atoms with E-state index in [1.54, 1.807) is 4.90 Å². The molecule has 2 fully saturated rings. The molecule has 1 N–H and O–H groups in total. The molecule has 8 heteroatoms. The summed E-state index contributed by atoms with van der Waals surface area (Å²) in [5.41, 5.74) is 0.189. The van der Waals surface area contributed by atoms with Gasteiger partial charge in [-0.3, -0.25) is 14.9 Å². The second-order valence-electron chi connectivity index (χ2n) is 5.30. The van der Waals surface area contributed by atoms with Crippen LogP contribution >= 0.6 is 12.4 Å². The molecule has 2 aliphatic heterocycles. The second-order valence-corrected chi connectivity index (χ2v) is 5.30. The predicted octanol–water partition coefficient (Wildman–Crippen LogP) is 1.44. The summed E-state index contributed by atoms with van der Waals surface area (Å²) in [6.45, 7) is 3.33. The third kappa shape index (κ3) is 2.51. The van der Waals surface area contributed by atoms with E-state index >= 15 is 0 Å². The summed E-state index contributed by atoms with van der Waals surface area (Å²) in [7, 11) is 0. The molecule has 0 saturated carbocycles. The van der Waals surface area contributed by atoms with Gasteiger partial charge < -0.3 is 14.6 Å². The van der Waals surface area contributed by atoms with Crippen LogP contribution in [0.15, 0.2) is 16.5 Å². The van der Waals surface area contributed by atoms with Crippen LogP contribution in [0.5, 0.6) is 0 Å². The zero-order chi connectivity index (χ0) is 13.5. The number of nitrogens with one attached hydrogen (secondary N) is 1. The third-order valence-electron chi connectivity index (χ3n) is 4.04. The molecule has 1 atom stereocenters. The molecule has 3 rings (SSSR count). The Morgan fingerprint density at radius 1 is 1.45 bits per heavy atom. The Morgan fingerprint density at radius 3 is 2.85 bits per heavy atom. The molecule has 110 valence electrons. The van der Waals surface area contributed by atoms with Crippen molar-refractivity contribution >= 4 is 24.2 Å². The summed E-state index contributed by atoms with van der Waals surface area (Å²) < 4.78 is 4.96. The molecule has 1 amide bonds. The molecular weight excluding hydrogens is 286 g/mol. The lowest BCUT2D eigenvalue weighted by Gasteiger charge is -2.22. The van der Waals surface area contributed by atoms with Crippen LogP contribution in [0, 0.1) is 15.5 Å². The highest BCUT2D eigenvalue weighted by molar-refractivity contribution is 5.92. The molecule has 20 heavy (non-hydrogen) atoms. The largest absolute Gasteiger partial charge is 0.433 e. The average Bonchev–Trinajstić information content (AvgIpc) is 3.11. The molecule has 0 aliphatic carbocycles. The van der Waals surface area contributed by atoms with Gasteiger partial charge in [0.1, 0.15) is 4.92 Å². The maximum atomic E-state index is 12.2. The summed E-state index contributed by atoms with van der Waals surface area (Å²) in [6.07, 6.45) is 2.06. The zero-order valence-corrected chi connectivity index (χ0v) is 11.6. The van der Waals surface area contributed by atoms with Crippen molar-refractivity contribution in [3.05, 3.63) is 28.0 Å². The quantitative estimate of drug-likeness (QED) is 0.659. The van der Waals surface area contributed by atoms with Gasteiger partial charge in [-0.2, -0.15) is 0 Å². The van der Waals surface area contributed by atoms with Crippen molar-refractivity contribution < 1.29 is 14.1 Å². The number of rotatable bonds is 2. The maximum Gasteiger partial charge on any atom is 0.433 e. The Balaban J connectivity index is 0.00000147. The predicted molar refractivity (Wildman–Crippen MR) is 73.1 cm³/mol. The van der Waals surface area contributed by atoms with Crippen LogP contribution in [-0.4, -0.2) is 41.9 Å². The van der Waals surface area contributed by atoms with Gasteiger partial charge in [0.15, 0.2) is 5.76 Å². The third-order valence-corrected chi connectivity index (χ3v) is 4.04. The Morgan fingerprint density at radius 2 is 2.25 bits per heavy atom. The van der Waals surface area contributed by atoms with E-state index in [4.69, 9.17) is 4.42 Å². The molecule has 3 heterocycles. The van der Waals surface area contributed by atoms with E-state index in [0.717, 1.165) is 25.9 Å². The Kier molecular flexibility index (Phi) is 4.01. The number of carbonyl (C=O) groups excluding carboxylic acids is 1. The van der Waals surface area contributed by atoms with E-state index in [1.165, 1.54) is 12.1 Å². The first-order chi connectivity index (χ1) is 9.10. The fourth-order valence-corrected chi connectivity index (χ4v) is 2.95. The maximum absolute atomic E-state index is 12.2. The van der Waals surface area contributed by atoms with Crippen LogP contribution in [0.1, 0.15) is 23.4 Å². The van der Waals surface area contributed by atoms with E-state index in [2.05, 4.69) is 5.32 Å². The zero-order valence-electron chi connectivity index (χ0n) is 10.8. The van der Waals surface area contributed by atoms with E-state index in [9.17, 15) is 14.9 Å². The highest BCUT2D eigenvalue weighted by Gasteiger charge is 2.42. The van der Waals surface area contributed by atoms with Gasteiger partial charge in [-0.05, 0) is 25.5 Å². The molecule has 0 aromatic carbocycles. The minimum Gasteiger partial charge on any atom is -0.395 e. The van der Waals surface area contributed by atoms with Crippen molar-refractivity contribution in [2.24, 2.45) is 5.41 Å². The monoisotopic (exact) mass is 301 g/mol. The number of nitrogens with zero attached hydrogens (tertiary/aromatic N) is 2. The van der Waals surface area contributed by atoms with E-state index in [-0.39, 0.29) is 35.4 Å². The van der Waals surface area contributed by atoms with Crippen molar-refractivity contribution in [2.75, 3.05) is 26.2 Å². The smallest absolute Gasteiger partial charge is 0.395 e. The Hall–Kier alpha value is -1.60. The highest BCUT2D eigenvalue weighted by Crippen LogP contribution is 2.36. The van der Waals surface area contributed by atoms with E-state index < -0.39 is 4.92 Å². The van der Waals surface area contributed by atoms with Gasteiger partial charge in [0.25, 0.3) is 5.91 Å². The first kappa shape index (κ1) is 14.8. The van der Waals surface area contributed by atoms with Crippen LogP contribution < -0.4 is 5.32 Å². The number of likely N-dealkylation sites (tertiary alicyclic amines) is 1. The van der Waals surface area contributed by atoms with Crippen LogP contribution in [-0.2, 0) is 0 Å². The van der Waals surface area contributed by atoms with Gasteiger partial charge in [0.05, 0.1) is 6.07 Å². The van der Waals surface area contributed by atoms with Gasteiger partial charge in [0, 0.05) is 25.0 Å². The number of hydrogen-bond acceptors (Lipinski definition) is 5. The highest BCUT2D eigenvalue weighted by atomic mass is 35.5. The number of furan rings is 1. The van der Waals surface area contributed by atoms with Crippen LogP contribution in [0.4, 0.5) is 5.88 Å². The summed E-state index contributed by atoms with van der Waals surface area (Å²) in [6, 6.07) is 2.59. The standard InChI is InChI=1S/C12H15N3O4.ClH/c16-11(9-1-2-10(19-9)15(17)18)14-6-4-12(8-14)3-5-13-7-12;/h1-2,13H,3-8H2;1H. The van der Waals surface area contributed by atoms with Crippen LogP contribution in [0.25, 0.3) is 0 Å². The summed E-state index contributed by atoms with van der Waals surface area (Å²) in [5.74, 6) is -0.591. The molecule has 1 aromatic rings. The molecule has 1 unspecified atom stereocenters. The molecule has 1 spiro atoms. The molecule has 2 aliphatic rings. The number of halogens is 1. The van der Waals surface area contributed by atoms with Crippen molar-refractivity contribution in [3.8, 4) is 0 Å². The molecular formula is C12H16ClN3O4. The molecule has 0 radical (unpaired) electrons. The van der Waals surface area contributed by atoms with Gasteiger partial charge in [-0.1, -0.05) is 0 Å². The van der Waals surface area contributed by atoms with Gasteiger partial charge in [-0.25, -0.2) is 0 Å². The first-order valence-corrected chi connectivity index (χ1v) is 6.34. The molecule has 1 aromatic heterocycles. The average molecular weight is 302 g/mol. The van der Waals surface area contributed by atoms with Crippen LogP contribution in [0.3, 0.4) is 0 Å². The summed E-state index contributed by atoms with van der Waals surface area (Å²) in [4.78, 5) is 23.8. The molecule has 7 nitrogen and oxygen atoms in total. The topological polar surface area (TPSA) is 88.6 Å². The van der Waals surface area contributed by atoms with Crippen molar-refractivity contribution in [3.63, 3.8) is 0 Å². The minimum atomic E-state index is -0.636. The Bertz CT molecular complexity index is 525. The van der Waals surface area contributed by atoms with Crippen molar-refractivity contribution in [1.82, 2.24) is 10.2 Å². The summed E-state index contributed by atoms with van der Waals surface area (Å²) in [5, 5.41) is 13.9. The number of amides is 1. The van der Waals surface area contributed by atoms with E-state index in [0.29, 0.717) is 13.1 Å². The van der Waals surface area contributed by atoms with Crippen molar-refractivity contribution in [2.45, 2.75) is 12.8 Å². The fraction of sp³-hybridized carbons (Fsp3) is 0.583. The number of nitro groups is 1. The van der Waals surface area contributed by atoms with Crippen LogP contribution in [0.2, 0.25) is 0 Å². The number of hydrogen-bond donors (Lipinski definition) is 1. The first-order valence-electron chi connectivity index (χ1n) is 6.34. The van der Waals surface area contributed by atoms with Gasteiger partial charge >= 0.3 is 5.88 Å². The van der Waals surface area contributed by atoms with E-state index in [1.807, 2.05) is 0 Å². The fourth-order valence-electron chi connectivity index (χ4n) is 2.95. The minimum absolute atomic E-state index is 0. The lowest BCUT2D eigenvalue weighted by atomic mass is 9.87. The second kappa shape index (κ2) is 5.41. The lowest BCUT2D eigenvalue weighted by Crippen LogP contribution is -2.33. The Labute approximate surface area is 121 Å². The lowest BCUT2D eigenvalue weighted by molar-refractivity contribution is -0.402. The summed E-state index contributed by atoms with van der Waals surface area (Å²) >= 11 is 0. The SMILES string of the molecule is Cl.O=C(c1ccc([N+](=O)[O-])o1)N1CCC2(CCNC2)C1. The normalized spacial score (nSPS) is 24.9. The van der Waals surface area contributed by atoms with Gasteiger partial charge in [-0.15, -0.1) is 12.4 Å². The van der Waals surface area contributed by atoms with Gasteiger partial charge in [0.2, 0.25) is 0 Å². The number of carbonyl (C=O) groups is 1.